The molecule has 21 heavy (non-hydrogen) atoms. The fourth-order valence-corrected chi connectivity index (χ4v) is 2.52. The average Bonchev–Trinajstić information content (AvgIpc) is 2.55. The Morgan fingerprint density at radius 2 is 1.86 bits per heavy atom. The molecule has 4 heteroatoms. The lowest BCUT2D eigenvalue weighted by Gasteiger charge is -2.31. The van der Waals surface area contributed by atoms with E-state index < -0.39 is 0 Å². The molecule has 0 saturated carbocycles. The summed E-state index contributed by atoms with van der Waals surface area (Å²) in [7, 11) is 0. The fourth-order valence-electron chi connectivity index (χ4n) is 2.52. The van der Waals surface area contributed by atoms with Gasteiger partial charge in [0.05, 0.1) is 12.5 Å². The Kier molecular flexibility index (Phi) is 5.78. The van der Waals surface area contributed by atoms with Crippen molar-refractivity contribution in [3.05, 3.63) is 35.9 Å². The zero-order chi connectivity index (χ0) is 15.1. The third-order valence-electron chi connectivity index (χ3n) is 3.88. The summed E-state index contributed by atoms with van der Waals surface area (Å²) >= 11 is 0. The van der Waals surface area contributed by atoms with Gasteiger partial charge in [-0.1, -0.05) is 31.5 Å². The molecule has 1 aliphatic heterocycles. The van der Waals surface area contributed by atoms with Crippen LogP contribution in [-0.4, -0.2) is 36.5 Å². The first kappa shape index (κ1) is 15.5. The average molecular weight is 289 g/mol. The Labute approximate surface area is 126 Å². The lowest BCUT2D eigenvalue weighted by molar-refractivity contribution is -0.150. The standard InChI is InChI=1S/C17H23NO3/c1-2-3-13-21-17(20)15-9-11-18(12-10-15)16(19)14-7-5-4-6-8-14/h4-8,15H,2-3,9-13H2,1H3. The van der Waals surface area contributed by atoms with Crippen LogP contribution >= 0.6 is 0 Å². The first-order valence-electron chi connectivity index (χ1n) is 7.73. The molecule has 0 spiro atoms. The number of nitrogens with zero attached hydrogens (tertiary/aromatic N) is 1. The molecule has 1 aromatic carbocycles. The van der Waals surface area contributed by atoms with Crippen molar-refractivity contribution in [3.63, 3.8) is 0 Å². The van der Waals surface area contributed by atoms with E-state index in [0.717, 1.165) is 12.8 Å². The molecule has 4 nitrogen and oxygen atoms in total. The molecule has 0 atom stereocenters. The largest absolute Gasteiger partial charge is 0.465 e. The van der Waals surface area contributed by atoms with E-state index in [1.54, 1.807) is 0 Å². The van der Waals surface area contributed by atoms with Crippen LogP contribution in [0, 0.1) is 5.92 Å². The van der Waals surface area contributed by atoms with Crippen molar-refractivity contribution in [3.8, 4) is 0 Å². The van der Waals surface area contributed by atoms with Crippen molar-refractivity contribution >= 4 is 11.9 Å². The SMILES string of the molecule is CCCCOC(=O)C1CCN(C(=O)c2ccccc2)CC1. The predicted octanol–water partition coefficient (Wildman–Crippen LogP) is 2.88. The summed E-state index contributed by atoms with van der Waals surface area (Å²) in [6.45, 7) is 3.84. The Morgan fingerprint density at radius 3 is 2.48 bits per heavy atom. The van der Waals surface area contributed by atoms with E-state index >= 15 is 0 Å². The zero-order valence-electron chi connectivity index (χ0n) is 12.6. The molecule has 114 valence electrons. The van der Waals surface area contributed by atoms with Crippen molar-refractivity contribution in [2.75, 3.05) is 19.7 Å². The molecule has 1 saturated heterocycles. The molecule has 1 aromatic rings. The summed E-state index contributed by atoms with van der Waals surface area (Å²) in [6, 6.07) is 9.28. The second kappa shape index (κ2) is 7.81. The molecule has 1 amide bonds. The van der Waals surface area contributed by atoms with Crippen LogP contribution in [0.2, 0.25) is 0 Å². The van der Waals surface area contributed by atoms with E-state index in [-0.39, 0.29) is 17.8 Å². The topological polar surface area (TPSA) is 46.6 Å². The molecule has 0 aliphatic carbocycles. The van der Waals surface area contributed by atoms with Gasteiger partial charge in [0.25, 0.3) is 5.91 Å². The first-order chi connectivity index (χ1) is 10.2. The number of ether oxygens (including phenoxy) is 1. The number of piperidine rings is 1. The number of likely N-dealkylation sites (tertiary alicyclic amines) is 1. The molecule has 1 aliphatic rings. The van der Waals surface area contributed by atoms with E-state index in [1.807, 2.05) is 35.2 Å². The van der Waals surface area contributed by atoms with E-state index in [2.05, 4.69) is 6.92 Å². The third-order valence-corrected chi connectivity index (χ3v) is 3.88. The van der Waals surface area contributed by atoms with Gasteiger partial charge >= 0.3 is 5.97 Å². The second-order valence-corrected chi connectivity index (χ2v) is 5.45. The van der Waals surface area contributed by atoms with Crippen molar-refractivity contribution in [1.29, 1.82) is 0 Å². The minimum atomic E-state index is -0.102. The van der Waals surface area contributed by atoms with Gasteiger partial charge in [-0.3, -0.25) is 9.59 Å². The van der Waals surface area contributed by atoms with Crippen LogP contribution in [0.5, 0.6) is 0 Å². The Balaban J connectivity index is 1.80. The molecular weight excluding hydrogens is 266 g/mol. The molecule has 0 aromatic heterocycles. The number of benzene rings is 1. The maximum absolute atomic E-state index is 12.3. The number of carbonyl (C=O) groups excluding carboxylic acids is 2. The zero-order valence-corrected chi connectivity index (χ0v) is 12.6. The normalized spacial score (nSPS) is 15.8. The summed E-state index contributed by atoms with van der Waals surface area (Å²) in [5, 5.41) is 0. The molecule has 0 bridgehead atoms. The van der Waals surface area contributed by atoms with Crippen LogP contribution in [0.1, 0.15) is 43.0 Å². The number of amides is 1. The van der Waals surface area contributed by atoms with Gasteiger partial charge in [0, 0.05) is 18.7 Å². The van der Waals surface area contributed by atoms with Gasteiger partial charge in [0.2, 0.25) is 0 Å². The van der Waals surface area contributed by atoms with Gasteiger partial charge in [-0.2, -0.15) is 0 Å². The number of rotatable bonds is 5. The first-order valence-corrected chi connectivity index (χ1v) is 7.73. The molecule has 0 radical (unpaired) electrons. The van der Waals surface area contributed by atoms with Crippen LogP contribution in [0.25, 0.3) is 0 Å². The maximum atomic E-state index is 12.3. The van der Waals surface area contributed by atoms with Gasteiger partial charge in [-0.25, -0.2) is 0 Å². The number of hydrogen-bond donors (Lipinski definition) is 0. The maximum Gasteiger partial charge on any atom is 0.309 e. The van der Waals surface area contributed by atoms with E-state index in [4.69, 9.17) is 4.74 Å². The lowest BCUT2D eigenvalue weighted by atomic mass is 9.96. The summed E-state index contributed by atoms with van der Waals surface area (Å²) in [5.41, 5.74) is 0.710. The molecule has 1 heterocycles. The summed E-state index contributed by atoms with van der Waals surface area (Å²) < 4.78 is 5.26. The number of carbonyl (C=O) groups is 2. The Bertz CT molecular complexity index is 464. The minimum absolute atomic E-state index is 0.0494. The third kappa shape index (κ3) is 4.31. The van der Waals surface area contributed by atoms with Gasteiger partial charge in [0.15, 0.2) is 0 Å². The number of esters is 1. The van der Waals surface area contributed by atoms with E-state index in [1.165, 1.54) is 0 Å². The molecule has 0 unspecified atom stereocenters. The van der Waals surface area contributed by atoms with Crippen LogP contribution in [-0.2, 0) is 9.53 Å². The molecular formula is C17H23NO3. The number of unbranched alkanes of at least 4 members (excludes halogenated alkanes) is 1. The van der Waals surface area contributed by atoms with Gasteiger partial charge in [0.1, 0.15) is 0 Å². The summed E-state index contributed by atoms with van der Waals surface area (Å²) in [4.78, 5) is 26.0. The highest BCUT2D eigenvalue weighted by atomic mass is 16.5. The highest BCUT2D eigenvalue weighted by Crippen LogP contribution is 2.20. The Hall–Kier alpha value is -1.84. The Morgan fingerprint density at radius 1 is 1.19 bits per heavy atom. The summed E-state index contributed by atoms with van der Waals surface area (Å²) in [5.74, 6) is -0.106. The van der Waals surface area contributed by atoms with E-state index in [0.29, 0.717) is 38.1 Å². The van der Waals surface area contributed by atoms with Crippen molar-refractivity contribution < 1.29 is 14.3 Å². The fraction of sp³-hybridized carbons (Fsp3) is 0.529. The molecule has 2 rings (SSSR count). The monoisotopic (exact) mass is 289 g/mol. The molecule has 0 N–H and O–H groups in total. The van der Waals surface area contributed by atoms with Gasteiger partial charge < -0.3 is 9.64 Å². The second-order valence-electron chi connectivity index (χ2n) is 5.45. The lowest BCUT2D eigenvalue weighted by Crippen LogP contribution is -2.40. The quantitative estimate of drug-likeness (QED) is 0.618. The molecule has 1 fully saturated rings. The van der Waals surface area contributed by atoms with E-state index in [9.17, 15) is 9.59 Å². The van der Waals surface area contributed by atoms with Crippen LogP contribution in [0.3, 0.4) is 0 Å². The summed E-state index contributed by atoms with van der Waals surface area (Å²) in [6.07, 6.45) is 3.33. The minimum Gasteiger partial charge on any atom is -0.465 e. The highest BCUT2D eigenvalue weighted by molar-refractivity contribution is 5.94. The number of hydrogen-bond acceptors (Lipinski definition) is 3. The van der Waals surface area contributed by atoms with Gasteiger partial charge in [-0.15, -0.1) is 0 Å². The van der Waals surface area contributed by atoms with Crippen LogP contribution in [0.4, 0.5) is 0 Å². The highest BCUT2D eigenvalue weighted by Gasteiger charge is 2.28. The van der Waals surface area contributed by atoms with Crippen molar-refractivity contribution in [2.24, 2.45) is 5.92 Å². The van der Waals surface area contributed by atoms with Crippen molar-refractivity contribution in [1.82, 2.24) is 4.90 Å². The predicted molar refractivity (Wildman–Crippen MR) is 80.9 cm³/mol. The van der Waals surface area contributed by atoms with Crippen LogP contribution < -0.4 is 0 Å². The van der Waals surface area contributed by atoms with Crippen LogP contribution in [0.15, 0.2) is 30.3 Å². The van der Waals surface area contributed by atoms with Gasteiger partial charge in [-0.05, 0) is 31.4 Å². The smallest absolute Gasteiger partial charge is 0.309 e. The van der Waals surface area contributed by atoms with Crippen molar-refractivity contribution in [2.45, 2.75) is 32.6 Å².